The van der Waals surface area contributed by atoms with E-state index in [-0.39, 0.29) is 16.5 Å². The molecule has 46 heavy (non-hydrogen) atoms. The van der Waals surface area contributed by atoms with Gasteiger partial charge in [0.15, 0.2) is 15.8 Å². The highest BCUT2D eigenvalue weighted by molar-refractivity contribution is 8.00. The van der Waals surface area contributed by atoms with Crippen LogP contribution in [-0.2, 0) is 21.9 Å². The van der Waals surface area contributed by atoms with E-state index in [0.717, 1.165) is 16.7 Å². The molecule has 232 valence electrons. The maximum Gasteiger partial charge on any atom is 0.301 e. The molecule has 11 heteroatoms. The van der Waals surface area contributed by atoms with Crippen LogP contribution < -0.4 is 14.4 Å². The Morgan fingerprint density at radius 2 is 1.70 bits per heavy atom. The van der Waals surface area contributed by atoms with Crippen LogP contribution in [0.25, 0.3) is 5.76 Å². The number of ether oxygens (including phenoxy) is 2. The number of amides is 1. The molecule has 1 atom stereocenters. The fourth-order valence-corrected chi connectivity index (χ4v) is 7.19. The van der Waals surface area contributed by atoms with E-state index in [1.165, 1.54) is 35.1 Å². The summed E-state index contributed by atoms with van der Waals surface area (Å²) in [6.07, 6.45) is 0. The number of ketones is 1. The number of benzene rings is 4. The Kier molecular flexibility index (Phi) is 9.39. The summed E-state index contributed by atoms with van der Waals surface area (Å²) in [4.78, 5) is 28.6. The highest BCUT2D eigenvalue weighted by Crippen LogP contribution is 2.46. The van der Waals surface area contributed by atoms with Crippen LogP contribution in [0, 0.1) is 6.92 Å². The number of hydrogen-bond donors (Lipinski definition) is 1. The van der Waals surface area contributed by atoms with E-state index in [1.54, 1.807) is 30.3 Å². The zero-order valence-corrected chi connectivity index (χ0v) is 27.2. The molecule has 1 aliphatic rings. The molecule has 8 nitrogen and oxygen atoms in total. The second kappa shape index (κ2) is 13.8. The molecular weight excluding hydrogens is 642 g/mol. The highest BCUT2D eigenvalue weighted by Gasteiger charge is 2.48. The van der Waals surface area contributed by atoms with Crippen molar-refractivity contribution in [2.45, 2.75) is 29.7 Å². The number of nitrogens with zero attached hydrogens (tertiary/aromatic N) is 3. The number of aryl methyl sites for hydroxylation is 1. The van der Waals surface area contributed by atoms with Gasteiger partial charge in [-0.2, -0.15) is 0 Å². The third kappa shape index (κ3) is 6.50. The van der Waals surface area contributed by atoms with Gasteiger partial charge >= 0.3 is 5.91 Å². The fourth-order valence-electron chi connectivity index (χ4n) is 5.03. The maximum atomic E-state index is 13.7. The van der Waals surface area contributed by atoms with E-state index in [0.29, 0.717) is 44.3 Å². The summed E-state index contributed by atoms with van der Waals surface area (Å²) in [5, 5.41) is 21.0. The molecule has 1 fully saturated rings. The average Bonchev–Trinajstić information content (AvgIpc) is 3.65. The SMILES string of the molecule is COc1cc(C2/C(=C(/O)c3ccc(C)cc3)C(=O)C(=O)N2c2nnc(SCc3ccccc3Cl)s2)ccc1OCc1ccccc1. The number of aliphatic hydroxyl groups excluding tert-OH is 1. The number of thioether (sulfide) groups is 1. The molecule has 0 saturated carbocycles. The third-order valence-corrected chi connectivity index (χ3v) is 9.89. The number of carbonyl (C=O) groups is 2. The lowest BCUT2D eigenvalue weighted by molar-refractivity contribution is -0.132. The minimum atomic E-state index is -1.01. The lowest BCUT2D eigenvalue weighted by Crippen LogP contribution is -2.29. The van der Waals surface area contributed by atoms with Gasteiger partial charge < -0.3 is 14.6 Å². The third-order valence-electron chi connectivity index (χ3n) is 7.42. The Bertz CT molecular complexity index is 1930. The van der Waals surface area contributed by atoms with Crippen LogP contribution in [-0.4, -0.2) is 34.1 Å². The van der Waals surface area contributed by atoms with Gasteiger partial charge in [0.05, 0.1) is 18.7 Å². The van der Waals surface area contributed by atoms with Gasteiger partial charge in [-0.25, -0.2) is 0 Å². The first-order chi connectivity index (χ1) is 22.3. The lowest BCUT2D eigenvalue weighted by atomic mass is 9.95. The predicted octanol–water partition coefficient (Wildman–Crippen LogP) is 8.01. The Morgan fingerprint density at radius 1 is 0.957 bits per heavy atom. The van der Waals surface area contributed by atoms with Crippen LogP contribution in [0.5, 0.6) is 11.5 Å². The van der Waals surface area contributed by atoms with Crippen LogP contribution >= 0.6 is 34.7 Å². The molecule has 4 aromatic carbocycles. The largest absolute Gasteiger partial charge is 0.507 e. The number of aliphatic hydroxyl groups is 1. The Morgan fingerprint density at radius 3 is 2.43 bits per heavy atom. The maximum absolute atomic E-state index is 13.7. The summed E-state index contributed by atoms with van der Waals surface area (Å²) < 4.78 is 12.3. The molecule has 1 unspecified atom stereocenters. The van der Waals surface area contributed by atoms with Gasteiger partial charge in [-0.3, -0.25) is 14.5 Å². The van der Waals surface area contributed by atoms with Crippen molar-refractivity contribution >= 4 is 57.3 Å². The Hall–Kier alpha value is -4.64. The summed E-state index contributed by atoms with van der Waals surface area (Å²) in [5.74, 6) is -0.492. The molecule has 0 aliphatic carbocycles. The van der Waals surface area contributed by atoms with Crippen molar-refractivity contribution in [3.8, 4) is 11.5 Å². The molecule has 1 aromatic heterocycles. The Labute approximate surface area is 279 Å². The molecule has 5 aromatic rings. The number of anilines is 1. The van der Waals surface area contributed by atoms with E-state index in [9.17, 15) is 14.7 Å². The van der Waals surface area contributed by atoms with Crippen LogP contribution in [0.3, 0.4) is 0 Å². The van der Waals surface area contributed by atoms with Crippen molar-refractivity contribution in [3.63, 3.8) is 0 Å². The van der Waals surface area contributed by atoms with Gasteiger partial charge in [-0.05, 0) is 41.8 Å². The average molecular weight is 670 g/mol. The predicted molar refractivity (Wildman–Crippen MR) is 181 cm³/mol. The molecular formula is C35H28ClN3O5S2. The van der Waals surface area contributed by atoms with E-state index in [2.05, 4.69) is 10.2 Å². The molecule has 0 spiro atoms. The number of aromatic nitrogens is 2. The Balaban J connectivity index is 1.38. The summed E-state index contributed by atoms with van der Waals surface area (Å²) in [5.41, 5.74) is 3.79. The number of carbonyl (C=O) groups excluding carboxylic acids is 2. The molecule has 1 amide bonds. The minimum absolute atomic E-state index is 0.0608. The van der Waals surface area contributed by atoms with Crippen molar-refractivity contribution in [3.05, 3.63) is 135 Å². The summed E-state index contributed by atoms with van der Waals surface area (Å²) in [6, 6.07) is 28.5. The van der Waals surface area contributed by atoms with Crippen LogP contribution in [0.15, 0.2) is 107 Å². The highest BCUT2D eigenvalue weighted by atomic mass is 35.5. The topological polar surface area (TPSA) is 102 Å². The molecule has 1 saturated heterocycles. The first-order valence-electron chi connectivity index (χ1n) is 14.3. The standard InChI is InChI=1S/C35H28ClN3O5S2/c1-21-12-14-23(15-13-21)31(40)29-30(24-16-17-27(28(18-24)43-2)44-19-22-8-4-3-5-9-22)39(33(42)32(29)41)34-37-38-35(46-34)45-20-25-10-6-7-11-26(25)36/h3-18,30,40H,19-20H2,1-2H3/b31-29-. The van der Waals surface area contributed by atoms with E-state index in [1.807, 2.05) is 73.7 Å². The van der Waals surface area contributed by atoms with E-state index in [4.69, 9.17) is 21.1 Å². The van der Waals surface area contributed by atoms with E-state index >= 15 is 0 Å². The zero-order valence-electron chi connectivity index (χ0n) is 24.8. The second-order valence-electron chi connectivity index (χ2n) is 10.5. The van der Waals surface area contributed by atoms with Gasteiger partial charge in [0.1, 0.15) is 12.4 Å². The fraction of sp³-hybridized carbons (Fsp3) is 0.143. The first-order valence-corrected chi connectivity index (χ1v) is 16.4. The summed E-state index contributed by atoms with van der Waals surface area (Å²) in [7, 11) is 1.52. The summed E-state index contributed by atoms with van der Waals surface area (Å²) in [6.45, 7) is 2.25. The first kappa shape index (κ1) is 31.3. The van der Waals surface area contributed by atoms with Crippen molar-refractivity contribution in [1.82, 2.24) is 10.2 Å². The van der Waals surface area contributed by atoms with Crippen molar-refractivity contribution in [2.24, 2.45) is 0 Å². The number of hydrogen-bond acceptors (Lipinski definition) is 9. The molecule has 0 radical (unpaired) electrons. The number of Topliss-reactive ketones (excluding diaryl/α,β-unsaturated/α-hetero) is 1. The smallest absolute Gasteiger partial charge is 0.301 e. The molecule has 1 aliphatic heterocycles. The molecule has 6 rings (SSSR count). The number of methoxy groups -OCH3 is 1. The second-order valence-corrected chi connectivity index (χ2v) is 13.0. The lowest BCUT2D eigenvalue weighted by Gasteiger charge is -2.23. The minimum Gasteiger partial charge on any atom is -0.507 e. The molecule has 0 bridgehead atoms. The van der Waals surface area contributed by atoms with Gasteiger partial charge in [-0.15, -0.1) is 10.2 Å². The van der Waals surface area contributed by atoms with Crippen molar-refractivity contribution in [1.29, 1.82) is 0 Å². The normalized spacial score (nSPS) is 15.7. The molecule has 1 N–H and O–H groups in total. The van der Waals surface area contributed by atoms with Gasteiger partial charge in [0.25, 0.3) is 5.78 Å². The summed E-state index contributed by atoms with van der Waals surface area (Å²) >= 11 is 8.93. The van der Waals surface area contributed by atoms with Crippen molar-refractivity contribution < 1.29 is 24.2 Å². The van der Waals surface area contributed by atoms with Crippen LogP contribution in [0.2, 0.25) is 5.02 Å². The van der Waals surface area contributed by atoms with Gasteiger partial charge in [-0.1, -0.05) is 119 Å². The van der Waals surface area contributed by atoms with Gasteiger partial charge in [0, 0.05) is 16.3 Å². The molecule has 2 heterocycles. The van der Waals surface area contributed by atoms with Crippen LogP contribution in [0.4, 0.5) is 5.13 Å². The van der Waals surface area contributed by atoms with E-state index < -0.39 is 17.7 Å². The van der Waals surface area contributed by atoms with Crippen LogP contribution in [0.1, 0.15) is 33.9 Å². The van der Waals surface area contributed by atoms with Gasteiger partial charge in [0.2, 0.25) is 5.13 Å². The van der Waals surface area contributed by atoms with Crippen molar-refractivity contribution in [2.75, 3.05) is 12.0 Å². The quantitative estimate of drug-likeness (QED) is 0.0525. The number of rotatable bonds is 10. The monoisotopic (exact) mass is 669 g/mol. The number of halogens is 1. The zero-order chi connectivity index (χ0) is 32.2.